The lowest BCUT2D eigenvalue weighted by molar-refractivity contribution is 0.0985. The molecule has 2 unspecified atom stereocenters. The predicted octanol–water partition coefficient (Wildman–Crippen LogP) is 5.31. The van der Waals surface area contributed by atoms with Gasteiger partial charge < -0.3 is 5.11 Å². The number of aliphatic hydroxyl groups excluding tert-OH is 1. The molecule has 0 aromatic rings. The molecular formula is C16H34O. The van der Waals surface area contributed by atoms with Gasteiger partial charge in [0.05, 0.1) is 6.10 Å². The maximum atomic E-state index is 10.0. The number of aliphatic hydroxyl groups is 1. The summed E-state index contributed by atoms with van der Waals surface area (Å²) < 4.78 is 0. The molecule has 2 atom stereocenters. The first-order valence-corrected chi connectivity index (χ1v) is 7.90. The van der Waals surface area contributed by atoms with Crippen LogP contribution in [0.15, 0.2) is 0 Å². The number of hydrogen-bond acceptors (Lipinski definition) is 1. The molecule has 0 saturated heterocycles. The molecule has 0 rings (SSSR count). The fourth-order valence-corrected chi connectivity index (χ4v) is 2.33. The van der Waals surface area contributed by atoms with Crippen LogP contribution in [0.4, 0.5) is 0 Å². The second-order valence-electron chi connectivity index (χ2n) is 5.60. The molecule has 0 spiro atoms. The number of unbranched alkanes of at least 4 members (excludes halogenated alkanes) is 7. The molecule has 0 saturated carbocycles. The summed E-state index contributed by atoms with van der Waals surface area (Å²) in [6.45, 7) is 6.70. The van der Waals surface area contributed by atoms with E-state index < -0.39 is 0 Å². The molecule has 0 bridgehead atoms. The minimum Gasteiger partial charge on any atom is -0.393 e. The summed E-state index contributed by atoms with van der Waals surface area (Å²) in [5.74, 6) is 0.498. The van der Waals surface area contributed by atoms with Crippen molar-refractivity contribution in [1.82, 2.24) is 0 Å². The first-order chi connectivity index (χ1) is 8.22. The fraction of sp³-hybridized carbons (Fsp3) is 1.00. The molecule has 0 aliphatic rings. The molecule has 0 fully saturated rings. The molecule has 0 amide bonds. The van der Waals surface area contributed by atoms with Crippen molar-refractivity contribution >= 4 is 0 Å². The SMILES string of the molecule is CCCCCCCC(O)C(C)CCCCCC. The van der Waals surface area contributed by atoms with Crippen molar-refractivity contribution in [1.29, 1.82) is 0 Å². The highest BCUT2D eigenvalue weighted by molar-refractivity contribution is 4.65. The van der Waals surface area contributed by atoms with Crippen LogP contribution in [0, 0.1) is 5.92 Å². The van der Waals surface area contributed by atoms with E-state index in [1.807, 2.05) is 0 Å². The Labute approximate surface area is 109 Å². The van der Waals surface area contributed by atoms with Gasteiger partial charge >= 0.3 is 0 Å². The summed E-state index contributed by atoms with van der Waals surface area (Å²) in [6.07, 6.45) is 13.9. The zero-order valence-electron chi connectivity index (χ0n) is 12.4. The van der Waals surface area contributed by atoms with Crippen molar-refractivity contribution in [3.8, 4) is 0 Å². The lowest BCUT2D eigenvalue weighted by Crippen LogP contribution is -2.17. The molecule has 1 N–H and O–H groups in total. The first-order valence-electron chi connectivity index (χ1n) is 7.90. The average Bonchev–Trinajstić information content (AvgIpc) is 2.34. The molecule has 17 heavy (non-hydrogen) atoms. The summed E-state index contributed by atoms with van der Waals surface area (Å²) in [4.78, 5) is 0. The topological polar surface area (TPSA) is 20.2 Å². The van der Waals surface area contributed by atoms with Crippen LogP contribution in [-0.4, -0.2) is 11.2 Å². The summed E-state index contributed by atoms with van der Waals surface area (Å²) >= 11 is 0. The Kier molecular flexibility index (Phi) is 12.4. The van der Waals surface area contributed by atoms with Gasteiger partial charge in [0, 0.05) is 0 Å². The van der Waals surface area contributed by atoms with Crippen LogP contribution in [0.3, 0.4) is 0 Å². The van der Waals surface area contributed by atoms with Crippen molar-refractivity contribution < 1.29 is 5.11 Å². The van der Waals surface area contributed by atoms with Crippen LogP contribution in [0.25, 0.3) is 0 Å². The van der Waals surface area contributed by atoms with Gasteiger partial charge in [0.15, 0.2) is 0 Å². The zero-order valence-corrected chi connectivity index (χ0v) is 12.4. The van der Waals surface area contributed by atoms with E-state index in [2.05, 4.69) is 20.8 Å². The Bertz CT molecular complexity index is 144. The molecule has 0 aromatic heterocycles. The highest BCUT2D eigenvalue weighted by atomic mass is 16.3. The largest absolute Gasteiger partial charge is 0.393 e. The van der Waals surface area contributed by atoms with E-state index >= 15 is 0 Å². The van der Waals surface area contributed by atoms with Crippen LogP contribution in [-0.2, 0) is 0 Å². The van der Waals surface area contributed by atoms with Crippen molar-refractivity contribution in [2.45, 2.75) is 97.5 Å². The van der Waals surface area contributed by atoms with Crippen molar-refractivity contribution in [2.24, 2.45) is 5.92 Å². The molecule has 0 radical (unpaired) electrons. The van der Waals surface area contributed by atoms with Gasteiger partial charge in [-0.25, -0.2) is 0 Å². The molecule has 1 heteroatoms. The Morgan fingerprint density at radius 1 is 0.706 bits per heavy atom. The van der Waals surface area contributed by atoms with Crippen molar-refractivity contribution in [3.63, 3.8) is 0 Å². The number of hydrogen-bond donors (Lipinski definition) is 1. The lowest BCUT2D eigenvalue weighted by atomic mass is 9.93. The lowest BCUT2D eigenvalue weighted by Gasteiger charge is -2.18. The zero-order chi connectivity index (χ0) is 12.9. The van der Waals surface area contributed by atoms with Gasteiger partial charge in [-0.15, -0.1) is 0 Å². The van der Waals surface area contributed by atoms with Gasteiger partial charge in [0.1, 0.15) is 0 Å². The third kappa shape index (κ3) is 10.8. The molecule has 0 heterocycles. The second kappa shape index (κ2) is 12.4. The van der Waals surface area contributed by atoms with Crippen LogP contribution in [0.5, 0.6) is 0 Å². The van der Waals surface area contributed by atoms with E-state index in [4.69, 9.17) is 0 Å². The predicted molar refractivity (Wildman–Crippen MR) is 77.3 cm³/mol. The van der Waals surface area contributed by atoms with E-state index in [0.29, 0.717) is 5.92 Å². The Morgan fingerprint density at radius 2 is 1.18 bits per heavy atom. The van der Waals surface area contributed by atoms with E-state index in [0.717, 1.165) is 6.42 Å². The normalized spacial score (nSPS) is 14.8. The molecular weight excluding hydrogens is 208 g/mol. The molecule has 1 nitrogen and oxygen atoms in total. The second-order valence-corrected chi connectivity index (χ2v) is 5.60. The van der Waals surface area contributed by atoms with Gasteiger partial charge in [0.2, 0.25) is 0 Å². The summed E-state index contributed by atoms with van der Waals surface area (Å²) in [6, 6.07) is 0. The van der Waals surface area contributed by atoms with Crippen LogP contribution < -0.4 is 0 Å². The van der Waals surface area contributed by atoms with Gasteiger partial charge in [-0.2, -0.15) is 0 Å². The first kappa shape index (κ1) is 17.0. The van der Waals surface area contributed by atoms with E-state index in [1.54, 1.807) is 0 Å². The third-order valence-electron chi connectivity index (χ3n) is 3.77. The highest BCUT2D eigenvalue weighted by Crippen LogP contribution is 2.18. The van der Waals surface area contributed by atoms with Crippen LogP contribution >= 0.6 is 0 Å². The Balaban J connectivity index is 3.36. The average molecular weight is 242 g/mol. The van der Waals surface area contributed by atoms with E-state index in [9.17, 15) is 5.11 Å². The minimum absolute atomic E-state index is 0.0572. The van der Waals surface area contributed by atoms with Gasteiger partial charge in [-0.1, -0.05) is 78.6 Å². The molecule has 104 valence electrons. The van der Waals surface area contributed by atoms with Gasteiger partial charge in [0.25, 0.3) is 0 Å². The maximum Gasteiger partial charge on any atom is 0.0565 e. The standard InChI is InChI=1S/C16H34O/c1-4-6-8-10-12-14-16(17)15(3)13-11-9-7-5-2/h15-17H,4-14H2,1-3H3. The molecule has 0 aliphatic carbocycles. The van der Waals surface area contributed by atoms with Gasteiger partial charge in [-0.3, -0.25) is 0 Å². The maximum absolute atomic E-state index is 10.0. The summed E-state index contributed by atoms with van der Waals surface area (Å²) in [5, 5.41) is 10.0. The van der Waals surface area contributed by atoms with Gasteiger partial charge in [-0.05, 0) is 18.8 Å². The fourth-order valence-electron chi connectivity index (χ4n) is 2.33. The van der Waals surface area contributed by atoms with E-state index in [1.165, 1.54) is 64.2 Å². The summed E-state index contributed by atoms with van der Waals surface area (Å²) in [5.41, 5.74) is 0. The Morgan fingerprint density at radius 3 is 1.76 bits per heavy atom. The van der Waals surface area contributed by atoms with Crippen LogP contribution in [0.2, 0.25) is 0 Å². The smallest absolute Gasteiger partial charge is 0.0565 e. The Hall–Kier alpha value is -0.0400. The van der Waals surface area contributed by atoms with Crippen LogP contribution in [0.1, 0.15) is 91.4 Å². The highest BCUT2D eigenvalue weighted by Gasteiger charge is 2.12. The van der Waals surface area contributed by atoms with Crippen molar-refractivity contribution in [2.75, 3.05) is 0 Å². The number of rotatable bonds is 12. The minimum atomic E-state index is -0.0572. The third-order valence-corrected chi connectivity index (χ3v) is 3.77. The monoisotopic (exact) mass is 242 g/mol. The quantitative estimate of drug-likeness (QED) is 0.460. The van der Waals surface area contributed by atoms with E-state index in [-0.39, 0.29) is 6.10 Å². The summed E-state index contributed by atoms with van der Waals surface area (Å²) in [7, 11) is 0. The molecule has 0 aliphatic heterocycles. The molecule has 0 aromatic carbocycles. The van der Waals surface area contributed by atoms with Crippen molar-refractivity contribution in [3.05, 3.63) is 0 Å².